The Hall–Kier alpha value is -2.83. The van der Waals surface area contributed by atoms with Crippen LogP contribution in [0.1, 0.15) is 36.8 Å². The molecule has 1 aromatic heterocycles. The number of likely N-dealkylation sites (tertiary alicyclic amines) is 1. The molecule has 2 aliphatic rings. The van der Waals surface area contributed by atoms with Crippen molar-refractivity contribution in [1.82, 2.24) is 10.2 Å². The first-order valence-electron chi connectivity index (χ1n) is 11.2. The normalized spacial score (nSPS) is 28.2. The molecule has 170 valence electrons. The highest BCUT2D eigenvalue weighted by atomic mass is 16.5. The maximum absolute atomic E-state index is 12.6. The second kappa shape index (κ2) is 9.35. The van der Waals surface area contributed by atoms with E-state index in [0.29, 0.717) is 19.4 Å². The summed E-state index contributed by atoms with van der Waals surface area (Å²) < 4.78 is 10.5. The summed E-state index contributed by atoms with van der Waals surface area (Å²) in [6.07, 6.45) is 11.2. The number of nitrogens with zero attached hydrogens (tertiary/aromatic N) is 1. The average molecular weight is 437 g/mol. The molecule has 2 aromatic rings. The second-order valence-corrected chi connectivity index (χ2v) is 8.96. The first-order valence-corrected chi connectivity index (χ1v) is 11.2. The van der Waals surface area contributed by atoms with Crippen LogP contribution in [0.3, 0.4) is 0 Å². The number of furan rings is 1. The van der Waals surface area contributed by atoms with Crippen LogP contribution in [0.4, 0.5) is 0 Å². The monoisotopic (exact) mass is 436 g/mol. The Kier molecular flexibility index (Phi) is 6.53. The SMILES string of the molecule is C=CCN1CC[C@@]2(c3cccc(OC)c3)C[C@@H](NC(=O)C=Cc3ccoc3)CC[C@]2(O)C1. The largest absolute Gasteiger partial charge is 0.497 e. The van der Waals surface area contributed by atoms with Gasteiger partial charge in [0.25, 0.3) is 0 Å². The number of ether oxygens (including phenoxy) is 1. The number of aliphatic hydroxyl groups is 1. The predicted molar refractivity (Wildman–Crippen MR) is 124 cm³/mol. The highest BCUT2D eigenvalue weighted by Crippen LogP contribution is 2.52. The summed E-state index contributed by atoms with van der Waals surface area (Å²) in [6.45, 7) is 6.08. The summed E-state index contributed by atoms with van der Waals surface area (Å²) in [5.74, 6) is 0.647. The van der Waals surface area contributed by atoms with E-state index >= 15 is 0 Å². The summed E-state index contributed by atoms with van der Waals surface area (Å²) in [5, 5.41) is 15.1. The lowest BCUT2D eigenvalue weighted by Crippen LogP contribution is -2.67. The van der Waals surface area contributed by atoms with E-state index in [0.717, 1.165) is 42.8 Å². The number of hydrogen-bond acceptors (Lipinski definition) is 5. The molecule has 0 unspecified atom stereocenters. The van der Waals surface area contributed by atoms with Crippen molar-refractivity contribution < 1.29 is 19.1 Å². The van der Waals surface area contributed by atoms with Gasteiger partial charge in [0, 0.05) is 36.2 Å². The van der Waals surface area contributed by atoms with Crippen molar-refractivity contribution in [2.24, 2.45) is 0 Å². The van der Waals surface area contributed by atoms with Gasteiger partial charge in [-0.2, -0.15) is 0 Å². The molecule has 2 N–H and O–H groups in total. The van der Waals surface area contributed by atoms with E-state index in [9.17, 15) is 9.90 Å². The fraction of sp³-hybridized carbons (Fsp3) is 0.423. The lowest BCUT2D eigenvalue weighted by Gasteiger charge is -2.58. The Morgan fingerprint density at radius 1 is 1.41 bits per heavy atom. The summed E-state index contributed by atoms with van der Waals surface area (Å²) in [5.41, 5.74) is 0.587. The first kappa shape index (κ1) is 22.4. The van der Waals surface area contributed by atoms with Gasteiger partial charge in [0.2, 0.25) is 5.91 Å². The molecule has 2 fully saturated rings. The van der Waals surface area contributed by atoms with E-state index in [1.54, 1.807) is 31.8 Å². The van der Waals surface area contributed by atoms with Gasteiger partial charge in [-0.15, -0.1) is 6.58 Å². The summed E-state index contributed by atoms with van der Waals surface area (Å²) in [6, 6.07) is 9.81. The minimum absolute atomic E-state index is 0.0195. The standard InChI is InChI=1S/C26H32N2O4/c1-3-13-28-14-12-25(21-5-4-6-23(16-21)31-2)17-22(9-11-26(25,30)19-28)27-24(29)8-7-20-10-15-32-18-20/h3-8,10,15-16,18,22,30H,1,9,11-14,17,19H2,2H3,(H,27,29)/t22-,25-,26-/m0/s1. The number of nitrogens with one attached hydrogen (secondary N) is 1. The highest BCUT2D eigenvalue weighted by Gasteiger charge is 2.57. The molecule has 0 bridgehead atoms. The quantitative estimate of drug-likeness (QED) is 0.513. The third-order valence-corrected chi connectivity index (χ3v) is 7.06. The number of carbonyl (C=O) groups excluding carboxylic acids is 1. The number of carbonyl (C=O) groups is 1. The van der Waals surface area contributed by atoms with Gasteiger partial charge in [0.05, 0.1) is 25.2 Å². The topological polar surface area (TPSA) is 74.9 Å². The molecule has 1 saturated carbocycles. The van der Waals surface area contributed by atoms with Crippen LogP contribution in [-0.4, -0.2) is 54.3 Å². The van der Waals surface area contributed by atoms with Crippen molar-refractivity contribution >= 4 is 12.0 Å². The van der Waals surface area contributed by atoms with Crippen molar-refractivity contribution in [3.05, 3.63) is 72.7 Å². The van der Waals surface area contributed by atoms with Crippen molar-refractivity contribution in [1.29, 1.82) is 0 Å². The molecule has 6 nitrogen and oxygen atoms in total. The van der Waals surface area contributed by atoms with Crippen LogP contribution in [0, 0.1) is 0 Å². The zero-order valence-corrected chi connectivity index (χ0v) is 18.6. The zero-order chi connectivity index (χ0) is 22.6. The molecule has 3 atom stereocenters. The van der Waals surface area contributed by atoms with Gasteiger partial charge in [0.15, 0.2) is 0 Å². The Labute approximate surface area is 189 Å². The fourth-order valence-corrected chi connectivity index (χ4v) is 5.43. The predicted octanol–water partition coefficient (Wildman–Crippen LogP) is 3.53. The van der Waals surface area contributed by atoms with Gasteiger partial charge in [-0.05, 0) is 62.1 Å². The van der Waals surface area contributed by atoms with Gasteiger partial charge >= 0.3 is 0 Å². The molecular weight excluding hydrogens is 404 g/mol. The molecule has 1 aromatic carbocycles. The molecule has 1 saturated heterocycles. The Balaban J connectivity index is 1.58. The number of piperidine rings is 1. The Morgan fingerprint density at radius 3 is 3.03 bits per heavy atom. The van der Waals surface area contributed by atoms with E-state index < -0.39 is 11.0 Å². The van der Waals surface area contributed by atoms with E-state index in [1.165, 1.54) is 6.08 Å². The molecule has 1 amide bonds. The first-order chi connectivity index (χ1) is 15.5. The lowest BCUT2D eigenvalue weighted by molar-refractivity contribution is -0.130. The van der Waals surface area contributed by atoms with Crippen molar-refractivity contribution in [3.8, 4) is 5.75 Å². The molecule has 0 radical (unpaired) electrons. The average Bonchev–Trinajstić information content (AvgIpc) is 3.32. The van der Waals surface area contributed by atoms with Crippen LogP contribution in [0.5, 0.6) is 5.75 Å². The van der Waals surface area contributed by atoms with Gasteiger partial charge in [0.1, 0.15) is 5.75 Å². The molecule has 1 aliphatic carbocycles. The maximum atomic E-state index is 12.6. The van der Waals surface area contributed by atoms with Crippen LogP contribution < -0.4 is 10.1 Å². The number of β-amino-alcohol motifs (C(OH)–C–C–N with tert-alkyl or cyclic N) is 1. The third-order valence-electron chi connectivity index (χ3n) is 7.06. The number of fused-ring (bicyclic) bond motifs is 1. The minimum atomic E-state index is -0.880. The number of benzene rings is 1. The van der Waals surface area contributed by atoms with Crippen LogP contribution >= 0.6 is 0 Å². The van der Waals surface area contributed by atoms with E-state index in [-0.39, 0.29) is 11.9 Å². The Morgan fingerprint density at radius 2 is 2.28 bits per heavy atom. The molecule has 1 aliphatic heterocycles. The lowest BCUT2D eigenvalue weighted by atomic mass is 9.55. The summed E-state index contributed by atoms with van der Waals surface area (Å²) >= 11 is 0. The number of methoxy groups -OCH3 is 1. The molecular formula is C26H32N2O4. The van der Waals surface area contributed by atoms with Gasteiger partial charge < -0.3 is 19.6 Å². The zero-order valence-electron chi connectivity index (χ0n) is 18.6. The van der Waals surface area contributed by atoms with Crippen LogP contribution in [0.25, 0.3) is 6.08 Å². The summed E-state index contributed by atoms with van der Waals surface area (Å²) in [7, 11) is 1.66. The van der Waals surface area contributed by atoms with E-state index in [1.807, 2.05) is 24.3 Å². The highest BCUT2D eigenvalue weighted by molar-refractivity contribution is 5.91. The smallest absolute Gasteiger partial charge is 0.244 e. The molecule has 6 heteroatoms. The fourth-order valence-electron chi connectivity index (χ4n) is 5.43. The van der Waals surface area contributed by atoms with Gasteiger partial charge in [-0.1, -0.05) is 18.2 Å². The molecule has 2 heterocycles. The van der Waals surface area contributed by atoms with Crippen LogP contribution in [0.15, 0.2) is 66.0 Å². The van der Waals surface area contributed by atoms with E-state index in [4.69, 9.17) is 9.15 Å². The maximum Gasteiger partial charge on any atom is 0.244 e. The number of hydrogen-bond donors (Lipinski definition) is 2. The summed E-state index contributed by atoms with van der Waals surface area (Å²) in [4.78, 5) is 14.9. The molecule has 32 heavy (non-hydrogen) atoms. The molecule has 0 spiro atoms. The third kappa shape index (κ3) is 4.38. The van der Waals surface area contributed by atoms with Gasteiger partial charge in [-0.25, -0.2) is 0 Å². The Bertz CT molecular complexity index is 970. The number of rotatable bonds is 7. The van der Waals surface area contributed by atoms with Crippen LogP contribution in [-0.2, 0) is 10.2 Å². The van der Waals surface area contributed by atoms with Gasteiger partial charge in [-0.3, -0.25) is 9.69 Å². The second-order valence-electron chi connectivity index (χ2n) is 8.96. The van der Waals surface area contributed by atoms with Crippen molar-refractivity contribution in [2.75, 3.05) is 26.7 Å². The van der Waals surface area contributed by atoms with E-state index in [2.05, 4.69) is 22.9 Å². The van der Waals surface area contributed by atoms with Crippen molar-refractivity contribution in [2.45, 2.75) is 42.7 Å². The molecule has 4 rings (SSSR count). The van der Waals surface area contributed by atoms with Crippen LogP contribution in [0.2, 0.25) is 0 Å². The minimum Gasteiger partial charge on any atom is -0.497 e. The number of amides is 1. The van der Waals surface area contributed by atoms with Crippen molar-refractivity contribution in [3.63, 3.8) is 0 Å².